The number of nitrogens with one attached hydrogen (secondary N) is 2. The zero-order chi connectivity index (χ0) is 21.7. The first-order valence-electron chi connectivity index (χ1n) is 9.73. The lowest BCUT2D eigenvalue weighted by Crippen LogP contribution is -2.36. The fraction of sp³-hybridized carbons (Fsp3) is 0.238. The molecule has 1 aromatic heterocycles. The van der Waals surface area contributed by atoms with Gasteiger partial charge in [-0.05, 0) is 36.4 Å². The van der Waals surface area contributed by atoms with Gasteiger partial charge in [-0.15, -0.1) is 5.10 Å². The molecule has 3 aromatic rings. The number of para-hydroxylation sites is 1. The number of hydrogen-bond acceptors (Lipinski definition) is 8. The van der Waals surface area contributed by atoms with E-state index in [-0.39, 0.29) is 10.6 Å². The van der Waals surface area contributed by atoms with E-state index in [9.17, 15) is 8.42 Å². The summed E-state index contributed by atoms with van der Waals surface area (Å²) in [6.07, 6.45) is 1.73. The third-order valence-corrected chi connectivity index (χ3v) is 6.21. The molecule has 0 unspecified atom stereocenters. The highest BCUT2D eigenvalue weighted by molar-refractivity contribution is 7.92. The number of morpholine rings is 1. The van der Waals surface area contributed by atoms with E-state index in [2.05, 4.69) is 25.1 Å². The number of aromatic nitrogens is 2. The van der Waals surface area contributed by atoms with Gasteiger partial charge in [0.25, 0.3) is 10.0 Å². The van der Waals surface area contributed by atoms with Crippen molar-refractivity contribution in [1.82, 2.24) is 10.2 Å². The predicted octanol–water partition coefficient (Wildman–Crippen LogP) is 2.87. The van der Waals surface area contributed by atoms with Crippen LogP contribution in [0.15, 0.2) is 65.7 Å². The smallest absolute Gasteiger partial charge is 0.265 e. The van der Waals surface area contributed by atoms with E-state index in [1.807, 2.05) is 6.07 Å². The minimum absolute atomic E-state index is 0.0786. The first kappa shape index (κ1) is 20.9. The Morgan fingerprint density at radius 3 is 2.48 bits per heavy atom. The van der Waals surface area contributed by atoms with Gasteiger partial charge >= 0.3 is 0 Å². The predicted molar refractivity (Wildman–Crippen MR) is 119 cm³/mol. The number of anilines is 4. The summed E-state index contributed by atoms with van der Waals surface area (Å²) in [5, 5.41) is 11.4. The summed E-state index contributed by atoms with van der Waals surface area (Å²) in [7, 11) is -2.34. The third-order valence-electron chi connectivity index (χ3n) is 4.78. The van der Waals surface area contributed by atoms with Crippen LogP contribution in [0, 0.1) is 0 Å². The number of ether oxygens (including phenoxy) is 2. The fourth-order valence-corrected chi connectivity index (χ4v) is 4.46. The minimum Gasteiger partial charge on any atom is -0.495 e. The molecule has 31 heavy (non-hydrogen) atoms. The van der Waals surface area contributed by atoms with Crippen molar-refractivity contribution in [1.29, 1.82) is 0 Å². The van der Waals surface area contributed by atoms with Crippen molar-refractivity contribution in [2.24, 2.45) is 0 Å². The second-order valence-corrected chi connectivity index (χ2v) is 8.51. The Bertz CT molecular complexity index is 1130. The molecule has 9 nitrogen and oxygen atoms in total. The molecule has 0 radical (unpaired) electrons. The fourth-order valence-electron chi connectivity index (χ4n) is 3.23. The van der Waals surface area contributed by atoms with Crippen LogP contribution < -0.4 is 19.7 Å². The molecule has 2 heterocycles. The SMILES string of the molecule is COc1ccccc1S(=O)(=O)Nc1ccc(Nc2cc(N3CCOCC3)cnn2)cc1. The zero-order valence-corrected chi connectivity index (χ0v) is 17.8. The molecule has 0 aliphatic carbocycles. The Morgan fingerprint density at radius 1 is 1.03 bits per heavy atom. The number of rotatable bonds is 7. The topological polar surface area (TPSA) is 106 Å². The monoisotopic (exact) mass is 441 g/mol. The highest BCUT2D eigenvalue weighted by Crippen LogP contribution is 2.26. The van der Waals surface area contributed by atoms with E-state index < -0.39 is 10.0 Å². The first-order valence-corrected chi connectivity index (χ1v) is 11.2. The maximum absolute atomic E-state index is 12.7. The molecular weight excluding hydrogens is 418 g/mol. The normalized spacial score (nSPS) is 14.2. The molecule has 0 bridgehead atoms. The van der Waals surface area contributed by atoms with Gasteiger partial charge < -0.3 is 19.7 Å². The van der Waals surface area contributed by atoms with Crippen LogP contribution in [0.25, 0.3) is 0 Å². The van der Waals surface area contributed by atoms with Crippen LogP contribution in [0.3, 0.4) is 0 Å². The van der Waals surface area contributed by atoms with Gasteiger partial charge in [-0.3, -0.25) is 4.72 Å². The summed E-state index contributed by atoms with van der Waals surface area (Å²) in [5.41, 5.74) is 2.17. The Hall–Kier alpha value is -3.37. The van der Waals surface area contributed by atoms with Crippen molar-refractivity contribution in [2.45, 2.75) is 4.90 Å². The lowest BCUT2D eigenvalue weighted by Gasteiger charge is -2.28. The molecular formula is C21H23N5O4S. The molecule has 4 rings (SSSR count). The van der Waals surface area contributed by atoms with Crippen molar-refractivity contribution in [3.63, 3.8) is 0 Å². The average Bonchev–Trinajstić information content (AvgIpc) is 2.81. The van der Waals surface area contributed by atoms with Crippen LogP contribution in [0.1, 0.15) is 0 Å². The third kappa shape index (κ3) is 5.04. The molecule has 0 saturated carbocycles. The van der Waals surface area contributed by atoms with Gasteiger partial charge in [0, 0.05) is 30.5 Å². The van der Waals surface area contributed by atoms with Crippen LogP contribution in [-0.2, 0) is 14.8 Å². The molecule has 2 N–H and O–H groups in total. The maximum atomic E-state index is 12.7. The van der Waals surface area contributed by atoms with Crippen molar-refractivity contribution >= 4 is 32.9 Å². The molecule has 1 saturated heterocycles. The average molecular weight is 442 g/mol. The van der Waals surface area contributed by atoms with Crippen molar-refractivity contribution in [3.8, 4) is 5.75 Å². The number of benzene rings is 2. The molecule has 1 fully saturated rings. The van der Waals surface area contributed by atoms with Gasteiger partial charge in [-0.2, -0.15) is 5.10 Å². The summed E-state index contributed by atoms with van der Waals surface area (Å²) in [4.78, 5) is 2.27. The molecule has 2 aromatic carbocycles. The largest absolute Gasteiger partial charge is 0.495 e. The van der Waals surface area contributed by atoms with Crippen molar-refractivity contribution in [2.75, 3.05) is 48.4 Å². The maximum Gasteiger partial charge on any atom is 0.265 e. The molecule has 0 amide bonds. The number of nitrogens with zero attached hydrogens (tertiary/aromatic N) is 3. The van der Waals surface area contributed by atoms with Gasteiger partial charge in [-0.1, -0.05) is 12.1 Å². The molecule has 162 valence electrons. The van der Waals surface area contributed by atoms with Gasteiger partial charge in [0.15, 0.2) is 5.82 Å². The van der Waals surface area contributed by atoms with E-state index >= 15 is 0 Å². The van der Waals surface area contributed by atoms with Gasteiger partial charge in [-0.25, -0.2) is 8.42 Å². The lowest BCUT2D eigenvalue weighted by molar-refractivity contribution is 0.122. The number of sulfonamides is 1. The molecule has 10 heteroatoms. The molecule has 0 spiro atoms. The molecule has 0 atom stereocenters. The summed E-state index contributed by atoms with van der Waals surface area (Å²) >= 11 is 0. The highest BCUT2D eigenvalue weighted by Gasteiger charge is 2.19. The minimum atomic E-state index is -3.78. The Kier molecular flexibility index (Phi) is 6.19. The van der Waals surface area contributed by atoms with E-state index in [0.29, 0.717) is 24.7 Å². The quantitative estimate of drug-likeness (QED) is 0.577. The lowest BCUT2D eigenvalue weighted by atomic mass is 10.3. The number of hydrogen-bond donors (Lipinski definition) is 2. The van der Waals surface area contributed by atoms with Crippen LogP contribution in [0.5, 0.6) is 5.75 Å². The summed E-state index contributed by atoms with van der Waals surface area (Å²) < 4.78 is 38.5. The standard InChI is InChI=1S/C21H23N5O4S/c1-29-19-4-2-3-5-20(19)31(27,28)25-17-8-6-16(7-9-17)23-21-14-18(15-22-24-21)26-10-12-30-13-11-26/h2-9,14-15,25H,10-13H2,1H3,(H,23,24). The van der Waals surface area contributed by atoms with E-state index in [0.717, 1.165) is 24.5 Å². The summed E-state index contributed by atoms with van der Waals surface area (Å²) in [6.45, 7) is 3.01. The Labute approximate surface area is 181 Å². The molecule has 1 aliphatic rings. The van der Waals surface area contributed by atoms with E-state index in [1.165, 1.54) is 13.2 Å². The summed E-state index contributed by atoms with van der Waals surface area (Å²) in [5.74, 6) is 0.887. The summed E-state index contributed by atoms with van der Waals surface area (Å²) in [6, 6.07) is 15.3. The van der Waals surface area contributed by atoms with E-state index in [4.69, 9.17) is 9.47 Å². The first-order chi connectivity index (χ1) is 15.0. The second kappa shape index (κ2) is 9.19. The van der Waals surface area contributed by atoms with Crippen LogP contribution >= 0.6 is 0 Å². The second-order valence-electron chi connectivity index (χ2n) is 6.86. The molecule has 1 aliphatic heterocycles. The van der Waals surface area contributed by atoms with Gasteiger partial charge in [0.05, 0.1) is 32.2 Å². The van der Waals surface area contributed by atoms with Crippen LogP contribution in [0.4, 0.5) is 22.9 Å². The van der Waals surface area contributed by atoms with Gasteiger partial charge in [0.2, 0.25) is 0 Å². The van der Waals surface area contributed by atoms with Crippen LogP contribution in [-0.4, -0.2) is 52.0 Å². The highest BCUT2D eigenvalue weighted by atomic mass is 32.2. The Balaban J connectivity index is 1.45. The van der Waals surface area contributed by atoms with E-state index in [1.54, 1.807) is 48.7 Å². The Morgan fingerprint density at radius 2 is 1.74 bits per heavy atom. The van der Waals surface area contributed by atoms with Gasteiger partial charge in [0.1, 0.15) is 10.6 Å². The number of methoxy groups -OCH3 is 1. The van der Waals surface area contributed by atoms with Crippen molar-refractivity contribution in [3.05, 3.63) is 60.8 Å². The zero-order valence-electron chi connectivity index (χ0n) is 17.0. The van der Waals surface area contributed by atoms with Crippen LogP contribution in [0.2, 0.25) is 0 Å². The van der Waals surface area contributed by atoms with Crippen molar-refractivity contribution < 1.29 is 17.9 Å².